The van der Waals surface area contributed by atoms with E-state index in [-0.39, 0.29) is 0 Å². The molecule has 0 saturated heterocycles. The van der Waals surface area contributed by atoms with Gasteiger partial charge in [0.1, 0.15) is 5.01 Å². The summed E-state index contributed by atoms with van der Waals surface area (Å²) in [6.45, 7) is 5.82. The van der Waals surface area contributed by atoms with Crippen LogP contribution in [0, 0.1) is 6.92 Å². The molecule has 2 rings (SSSR count). The van der Waals surface area contributed by atoms with Gasteiger partial charge in [0.25, 0.3) is 0 Å². The number of aromatic nitrogens is 1. The van der Waals surface area contributed by atoms with Gasteiger partial charge in [0.15, 0.2) is 0 Å². The second-order valence-electron chi connectivity index (χ2n) is 3.32. The van der Waals surface area contributed by atoms with Crippen molar-refractivity contribution in [1.82, 2.24) is 4.98 Å². The minimum atomic E-state index is 0.969. The van der Waals surface area contributed by atoms with Crippen molar-refractivity contribution < 1.29 is 0 Å². The topological polar surface area (TPSA) is 12.9 Å². The molecule has 1 aromatic heterocycles. The van der Waals surface area contributed by atoms with Crippen LogP contribution in [-0.4, -0.2) is 4.98 Å². The van der Waals surface area contributed by atoms with Gasteiger partial charge in [0, 0.05) is 19.4 Å². The molecule has 1 aromatic carbocycles. The van der Waals surface area contributed by atoms with Gasteiger partial charge in [0.2, 0.25) is 0 Å². The van der Waals surface area contributed by atoms with Gasteiger partial charge in [-0.2, -0.15) is 0 Å². The summed E-state index contributed by atoms with van der Waals surface area (Å²) < 4.78 is 2.09. The number of hydrogen-bond donors (Lipinski definition) is 0. The summed E-state index contributed by atoms with van der Waals surface area (Å²) in [5, 5.41) is 1.02. The molecule has 0 unspecified atom stereocenters. The zero-order valence-electron chi connectivity index (χ0n) is 8.63. The Balaban J connectivity index is 2.53. The molecule has 0 bridgehead atoms. The molecule has 1 nitrogen and oxygen atoms in total. The fourth-order valence-electron chi connectivity index (χ4n) is 1.40. The van der Waals surface area contributed by atoms with E-state index in [4.69, 9.17) is 0 Å². The van der Waals surface area contributed by atoms with E-state index < -0.39 is 0 Å². The highest BCUT2D eigenvalue weighted by atomic mass is 79.9. The standard InChI is InChI=1S/C12H9Br2NS/c1-3-11-7(2)16-12(15-11)8-4-9(13)6-10(14)5-8/h3-6H,1H2,2H3. The van der Waals surface area contributed by atoms with Crippen LogP contribution in [0.25, 0.3) is 16.6 Å². The van der Waals surface area contributed by atoms with E-state index in [1.165, 1.54) is 4.88 Å². The molecule has 0 aliphatic rings. The lowest BCUT2D eigenvalue weighted by Gasteiger charge is -1.99. The quantitative estimate of drug-likeness (QED) is 0.711. The average molecular weight is 359 g/mol. The molecule has 2 aromatic rings. The zero-order valence-corrected chi connectivity index (χ0v) is 12.6. The van der Waals surface area contributed by atoms with Crippen LogP contribution in [0.2, 0.25) is 0 Å². The van der Waals surface area contributed by atoms with Crippen molar-refractivity contribution in [2.45, 2.75) is 6.92 Å². The number of nitrogens with zero attached hydrogens (tertiary/aromatic N) is 1. The van der Waals surface area contributed by atoms with E-state index in [0.29, 0.717) is 0 Å². The summed E-state index contributed by atoms with van der Waals surface area (Å²) >= 11 is 8.64. The van der Waals surface area contributed by atoms with Gasteiger partial charge in [-0.3, -0.25) is 0 Å². The normalized spacial score (nSPS) is 10.4. The monoisotopic (exact) mass is 357 g/mol. The zero-order chi connectivity index (χ0) is 11.7. The van der Waals surface area contributed by atoms with Crippen LogP contribution in [0.1, 0.15) is 10.6 Å². The lowest BCUT2D eigenvalue weighted by Crippen LogP contribution is -1.78. The first-order valence-electron chi connectivity index (χ1n) is 4.66. The molecule has 0 aliphatic heterocycles. The smallest absolute Gasteiger partial charge is 0.124 e. The van der Waals surface area contributed by atoms with Crippen LogP contribution in [-0.2, 0) is 0 Å². The summed E-state index contributed by atoms with van der Waals surface area (Å²) in [7, 11) is 0. The molecule has 0 saturated carbocycles. The highest BCUT2D eigenvalue weighted by molar-refractivity contribution is 9.11. The predicted octanol–water partition coefficient (Wildman–Crippen LogP) is 5.29. The molecule has 1 heterocycles. The van der Waals surface area contributed by atoms with Crippen LogP contribution < -0.4 is 0 Å². The van der Waals surface area contributed by atoms with Gasteiger partial charge in [-0.05, 0) is 31.2 Å². The Labute approximate surface area is 115 Å². The highest BCUT2D eigenvalue weighted by Crippen LogP contribution is 2.32. The minimum absolute atomic E-state index is 0.969. The predicted molar refractivity (Wildman–Crippen MR) is 77.8 cm³/mol. The van der Waals surface area contributed by atoms with Crippen LogP contribution in [0.15, 0.2) is 33.7 Å². The van der Waals surface area contributed by atoms with E-state index in [9.17, 15) is 0 Å². The van der Waals surface area contributed by atoms with Crippen LogP contribution in [0.3, 0.4) is 0 Å². The number of halogens is 2. The van der Waals surface area contributed by atoms with Gasteiger partial charge >= 0.3 is 0 Å². The maximum absolute atomic E-state index is 4.54. The van der Waals surface area contributed by atoms with Crippen molar-refractivity contribution in [3.63, 3.8) is 0 Å². The molecule has 0 radical (unpaired) electrons. The molecule has 0 fully saturated rings. The number of benzene rings is 1. The Bertz CT molecular complexity index is 526. The molecule has 0 spiro atoms. The van der Waals surface area contributed by atoms with Gasteiger partial charge in [0.05, 0.1) is 5.69 Å². The van der Waals surface area contributed by atoms with Gasteiger partial charge in [-0.25, -0.2) is 4.98 Å². The molecule has 4 heteroatoms. The van der Waals surface area contributed by atoms with Gasteiger partial charge < -0.3 is 0 Å². The molecular formula is C12H9Br2NS. The lowest BCUT2D eigenvalue weighted by atomic mass is 10.2. The molecule has 82 valence electrons. The minimum Gasteiger partial charge on any atom is -0.236 e. The second-order valence-corrected chi connectivity index (χ2v) is 6.36. The number of rotatable bonds is 2. The van der Waals surface area contributed by atoms with E-state index in [1.807, 2.05) is 6.07 Å². The van der Waals surface area contributed by atoms with Crippen molar-refractivity contribution in [2.24, 2.45) is 0 Å². The number of hydrogen-bond acceptors (Lipinski definition) is 2. The number of thiazole rings is 1. The Hall–Kier alpha value is -0.450. The fourth-order valence-corrected chi connectivity index (χ4v) is 3.60. The van der Waals surface area contributed by atoms with E-state index in [0.717, 1.165) is 25.2 Å². The average Bonchev–Trinajstić information content (AvgIpc) is 2.58. The van der Waals surface area contributed by atoms with Crippen molar-refractivity contribution in [1.29, 1.82) is 0 Å². The summed E-state index contributed by atoms with van der Waals surface area (Å²) in [6, 6.07) is 6.14. The Kier molecular flexibility index (Phi) is 3.62. The molecule has 0 N–H and O–H groups in total. The summed E-state index contributed by atoms with van der Waals surface area (Å²) in [6.07, 6.45) is 1.79. The third-order valence-electron chi connectivity index (χ3n) is 2.14. The largest absolute Gasteiger partial charge is 0.236 e. The molecule has 0 atom stereocenters. The summed E-state index contributed by atoms with van der Waals surface area (Å²) in [5.41, 5.74) is 2.08. The third-order valence-corrected chi connectivity index (χ3v) is 4.09. The maximum atomic E-state index is 4.54. The Morgan fingerprint density at radius 3 is 2.38 bits per heavy atom. The third kappa shape index (κ3) is 2.44. The van der Waals surface area contributed by atoms with Crippen LogP contribution >= 0.6 is 43.2 Å². The van der Waals surface area contributed by atoms with Crippen molar-refractivity contribution >= 4 is 49.3 Å². The Morgan fingerprint density at radius 2 is 1.88 bits per heavy atom. The van der Waals surface area contributed by atoms with Crippen LogP contribution in [0.5, 0.6) is 0 Å². The van der Waals surface area contributed by atoms with Crippen molar-refractivity contribution in [3.05, 3.63) is 44.3 Å². The van der Waals surface area contributed by atoms with Crippen molar-refractivity contribution in [3.8, 4) is 10.6 Å². The van der Waals surface area contributed by atoms with Gasteiger partial charge in [-0.1, -0.05) is 38.4 Å². The SMILES string of the molecule is C=Cc1nc(-c2cc(Br)cc(Br)c2)sc1C. The molecule has 0 amide bonds. The van der Waals surface area contributed by atoms with Gasteiger partial charge in [-0.15, -0.1) is 11.3 Å². The highest BCUT2D eigenvalue weighted by Gasteiger charge is 2.08. The van der Waals surface area contributed by atoms with Crippen LogP contribution in [0.4, 0.5) is 0 Å². The molecule has 0 aliphatic carbocycles. The van der Waals surface area contributed by atoms with E-state index >= 15 is 0 Å². The fraction of sp³-hybridized carbons (Fsp3) is 0.0833. The molecular weight excluding hydrogens is 350 g/mol. The first kappa shape index (κ1) is 12.0. The van der Waals surface area contributed by atoms with Crippen molar-refractivity contribution in [2.75, 3.05) is 0 Å². The second kappa shape index (κ2) is 4.82. The first-order valence-corrected chi connectivity index (χ1v) is 7.06. The molecule has 16 heavy (non-hydrogen) atoms. The lowest BCUT2D eigenvalue weighted by molar-refractivity contribution is 1.34. The van der Waals surface area contributed by atoms with E-state index in [2.05, 4.69) is 62.5 Å². The first-order chi connectivity index (χ1) is 7.60. The maximum Gasteiger partial charge on any atom is 0.124 e. The summed E-state index contributed by atoms with van der Waals surface area (Å²) in [5.74, 6) is 0. The summed E-state index contributed by atoms with van der Waals surface area (Å²) in [4.78, 5) is 5.73. The Morgan fingerprint density at radius 1 is 1.25 bits per heavy atom. The van der Waals surface area contributed by atoms with E-state index in [1.54, 1.807) is 17.4 Å². The number of aryl methyl sites for hydroxylation is 1.